The minimum atomic E-state index is -0.987. The summed E-state index contributed by atoms with van der Waals surface area (Å²) in [5.41, 5.74) is 0. The second-order valence-corrected chi connectivity index (χ2v) is 4.37. The normalized spacial score (nSPS) is 25.6. The molecule has 0 aromatic rings. The standard InChI is InChI=1S/C8H8O3S2/c1-2-5-7(11)4(3-6(9)10)8(12)13-5/h2,4H,3H2,1H3,(H,9,10). The van der Waals surface area contributed by atoms with Crippen molar-refractivity contribution in [1.82, 2.24) is 0 Å². The molecule has 3 nitrogen and oxygen atoms in total. The Hall–Kier alpha value is -0.680. The molecular formula is C8H8O3S2. The highest BCUT2D eigenvalue weighted by Crippen LogP contribution is 2.36. The third kappa shape index (κ3) is 2.16. The van der Waals surface area contributed by atoms with Crippen molar-refractivity contribution in [3.05, 3.63) is 11.0 Å². The summed E-state index contributed by atoms with van der Waals surface area (Å²) >= 11 is 6.12. The minimum absolute atomic E-state index is 0.153. The van der Waals surface area contributed by atoms with Crippen LogP contribution in [0.1, 0.15) is 13.3 Å². The van der Waals surface area contributed by atoms with Crippen LogP contribution < -0.4 is 0 Å². The molecule has 0 saturated carbocycles. The van der Waals surface area contributed by atoms with E-state index in [9.17, 15) is 9.59 Å². The fourth-order valence-electron chi connectivity index (χ4n) is 1.06. The molecule has 1 rings (SSSR count). The Morgan fingerprint density at radius 1 is 1.77 bits per heavy atom. The molecule has 0 aliphatic carbocycles. The number of hydrogen-bond donors (Lipinski definition) is 1. The maximum Gasteiger partial charge on any atom is 0.304 e. The lowest BCUT2D eigenvalue weighted by atomic mass is 10.0. The van der Waals surface area contributed by atoms with Gasteiger partial charge in [-0.3, -0.25) is 9.59 Å². The Balaban J connectivity index is 2.82. The number of ketones is 1. The van der Waals surface area contributed by atoms with Gasteiger partial charge in [-0.15, -0.1) is 0 Å². The number of carbonyl (C=O) groups is 2. The third-order valence-corrected chi connectivity index (χ3v) is 3.37. The zero-order chi connectivity index (χ0) is 10.0. The second kappa shape index (κ2) is 4.02. The largest absolute Gasteiger partial charge is 0.481 e. The van der Waals surface area contributed by atoms with E-state index in [1.54, 1.807) is 13.0 Å². The van der Waals surface area contributed by atoms with Crippen LogP contribution in [0.2, 0.25) is 0 Å². The smallest absolute Gasteiger partial charge is 0.304 e. The van der Waals surface area contributed by atoms with Crippen molar-refractivity contribution in [2.45, 2.75) is 13.3 Å². The molecule has 0 aromatic carbocycles. The van der Waals surface area contributed by atoms with Crippen LogP contribution in [0.3, 0.4) is 0 Å². The topological polar surface area (TPSA) is 54.4 Å². The highest BCUT2D eigenvalue weighted by atomic mass is 32.2. The average Bonchev–Trinajstić information content (AvgIpc) is 2.31. The first-order valence-electron chi connectivity index (χ1n) is 3.70. The number of carbonyl (C=O) groups excluding carboxylic acids is 1. The molecular weight excluding hydrogens is 208 g/mol. The Morgan fingerprint density at radius 3 is 2.77 bits per heavy atom. The van der Waals surface area contributed by atoms with Crippen molar-refractivity contribution in [3.63, 3.8) is 0 Å². The molecule has 1 aliphatic heterocycles. The Bertz CT molecular complexity index is 307. The lowest BCUT2D eigenvalue weighted by molar-refractivity contribution is -0.139. The van der Waals surface area contributed by atoms with E-state index in [1.165, 1.54) is 11.8 Å². The molecule has 70 valence electrons. The SMILES string of the molecule is CC=C1SC(=S)C(CC(=O)O)C1=O. The number of rotatable bonds is 2. The van der Waals surface area contributed by atoms with Crippen molar-refractivity contribution >= 4 is 39.9 Å². The summed E-state index contributed by atoms with van der Waals surface area (Å²) in [4.78, 5) is 22.4. The van der Waals surface area contributed by atoms with E-state index in [0.717, 1.165) is 0 Å². The second-order valence-electron chi connectivity index (χ2n) is 2.59. The van der Waals surface area contributed by atoms with Gasteiger partial charge in [0.1, 0.15) is 0 Å². The van der Waals surface area contributed by atoms with Crippen LogP contribution in [0.5, 0.6) is 0 Å². The fraction of sp³-hybridized carbons (Fsp3) is 0.375. The van der Waals surface area contributed by atoms with Gasteiger partial charge in [0, 0.05) is 0 Å². The molecule has 5 heteroatoms. The molecule has 1 saturated heterocycles. The first kappa shape index (κ1) is 10.4. The first-order valence-corrected chi connectivity index (χ1v) is 4.92. The van der Waals surface area contributed by atoms with Gasteiger partial charge in [0.25, 0.3) is 0 Å². The van der Waals surface area contributed by atoms with Gasteiger partial charge in [-0.2, -0.15) is 0 Å². The zero-order valence-corrected chi connectivity index (χ0v) is 8.58. The van der Waals surface area contributed by atoms with Gasteiger partial charge in [-0.25, -0.2) is 0 Å². The zero-order valence-electron chi connectivity index (χ0n) is 6.94. The van der Waals surface area contributed by atoms with Crippen molar-refractivity contribution in [3.8, 4) is 0 Å². The third-order valence-electron chi connectivity index (χ3n) is 1.70. The van der Waals surface area contributed by atoms with E-state index in [-0.39, 0.29) is 12.2 Å². The van der Waals surface area contributed by atoms with E-state index < -0.39 is 11.9 Å². The van der Waals surface area contributed by atoms with Crippen LogP contribution in [0, 0.1) is 5.92 Å². The molecule has 1 atom stereocenters. The maximum atomic E-state index is 11.4. The summed E-state index contributed by atoms with van der Waals surface area (Å²) in [6, 6.07) is 0. The quantitative estimate of drug-likeness (QED) is 0.561. The summed E-state index contributed by atoms with van der Waals surface area (Å²) in [6.07, 6.45) is 1.48. The van der Waals surface area contributed by atoms with Crippen molar-refractivity contribution < 1.29 is 14.7 Å². The Labute approximate surface area is 85.2 Å². The van der Waals surface area contributed by atoms with Crippen LogP contribution >= 0.6 is 24.0 Å². The summed E-state index contributed by atoms with van der Waals surface area (Å²) in [5, 5.41) is 8.53. The molecule has 0 radical (unpaired) electrons. The predicted molar refractivity (Wildman–Crippen MR) is 54.7 cm³/mol. The molecule has 1 N–H and O–H groups in total. The van der Waals surface area contributed by atoms with Crippen LogP contribution in [0.25, 0.3) is 0 Å². The molecule has 0 spiro atoms. The van der Waals surface area contributed by atoms with E-state index in [0.29, 0.717) is 9.10 Å². The van der Waals surface area contributed by atoms with Crippen LogP contribution in [-0.4, -0.2) is 21.1 Å². The fourth-order valence-corrected chi connectivity index (χ4v) is 2.43. The first-order chi connectivity index (χ1) is 6.06. The Morgan fingerprint density at radius 2 is 2.38 bits per heavy atom. The number of aliphatic carboxylic acids is 1. The van der Waals surface area contributed by atoms with Crippen LogP contribution in [-0.2, 0) is 9.59 Å². The maximum absolute atomic E-state index is 11.4. The lowest BCUT2D eigenvalue weighted by Crippen LogP contribution is -2.17. The summed E-state index contributed by atoms with van der Waals surface area (Å²) < 4.78 is 0.473. The van der Waals surface area contributed by atoms with Gasteiger partial charge in [0.05, 0.1) is 21.4 Å². The van der Waals surface area contributed by atoms with E-state index in [2.05, 4.69) is 0 Å². The summed E-state index contributed by atoms with van der Waals surface area (Å²) in [7, 11) is 0. The van der Waals surface area contributed by atoms with E-state index >= 15 is 0 Å². The van der Waals surface area contributed by atoms with Gasteiger partial charge in [-0.1, -0.05) is 30.1 Å². The number of hydrogen-bond acceptors (Lipinski definition) is 4. The van der Waals surface area contributed by atoms with Gasteiger partial charge >= 0.3 is 5.97 Å². The number of carboxylic acid groups (broad SMARTS) is 1. The number of thioether (sulfide) groups is 1. The summed E-state index contributed by atoms with van der Waals surface area (Å²) in [6.45, 7) is 1.74. The molecule has 1 heterocycles. The lowest BCUT2D eigenvalue weighted by Gasteiger charge is -2.01. The van der Waals surface area contributed by atoms with Crippen molar-refractivity contribution in [1.29, 1.82) is 0 Å². The molecule has 1 fully saturated rings. The van der Waals surface area contributed by atoms with Gasteiger partial charge in [0.15, 0.2) is 5.78 Å². The van der Waals surface area contributed by atoms with Crippen LogP contribution in [0.4, 0.5) is 0 Å². The minimum Gasteiger partial charge on any atom is -0.481 e. The molecule has 1 unspecified atom stereocenters. The molecule has 0 amide bonds. The predicted octanol–water partition coefficient (Wildman–Crippen LogP) is 1.62. The Kier molecular flexibility index (Phi) is 3.22. The average molecular weight is 216 g/mol. The van der Waals surface area contributed by atoms with E-state index in [1.807, 2.05) is 0 Å². The van der Waals surface area contributed by atoms with Gasteiger partial charge in [-0.05, 0) is 6.92 Å². The molecule has 0 bridgehead atoms. The molecule has 0 aromatic heterocycles. The van der Waals surface area contributed by atoms with Gasteiger partial charge < -0.3 is 5.11 Å². The summed E-state index contributed by atoms with van der Waals surface area (Å²) in [5.74, 6) is -1.75. The monoisotopic (exact) mass is 216 g/mol. The highest BCUT2D eigenvalue weighted by molar-refractivity contribution is 8.27. The number of allylic oxidation sites excluding steroid dienone is 2. The van der Waals surface area contributed by atoms with Crippen molar-refractivity contribution in [2.75, 3.05) is 0 Å². The highest BCUT2D eigenvalue weighted by Gasteiger charge is 2.35. The molecule has 1 aliphatic rings. The number of thiocarbonyl (C=S) groups is 1. The number of carboxylic acids is 1. The van der Waals surface area contributed by atoms with Crippen molar-refractivity contribution in [2.24, 2.45) is 5.92 Å². The van der Waals surface area contributed by atoms with Crippen LogP contribution in [0.15, 0.2) is 11.0 Å². The van der Waals surface area contributed by atoms with E-state index in [4.69, 9.17) is 17.3 Å². The van der Waals surface area contributed by atoms with Gasteiger partial charge in [0.2, 0.25) is 0 Å². The number of Topliss-reactive ketones (excluding diaryl/α,β-unsaturated/α-hetero) is 1. The molecule has 13 heavy (non-hydrogen) atoms.